The highest BCUT2D eigenvalue weighted by Gasteiger charge is 2.79. The predicted molar refractivity (Wildman–Crippen MR) is 181 cm³/mol. The van der Waals surface area contributed by atoms with E-state index in [1.165, 1.54) is 0 Å². The van der Waals surface area contributed by atoms with E-state index < -0.39 is 111 Å². The lowest BCUT2D eigenvalue weighted by atomic mass is 9.39. The molecule has 0 amide bonds. The van der Waals surface area contributed by atoms with E-state index in [9.17, 15) is 50.4 Å². The third-order valence-electron chi connectivity index (χ3n) is 17.7. The van der Waals surface area contributed by atoms with E-state index in [-0.39, 0.29) is 43.1 Å². The van der Waals surface area contributed by atoms with Gasteiger partial charge >= 0.3 is 0 Å². The molecule has 0 aromatic carbocycles. The Morgan fingerprint density at radius 1 is 0.760 bits per heavy atom. The van der Waals surface area contributed by atoms with E-state index >= 15 is 0 Å². The van der Waals surface area contributed by atoms with E-state index in [4.69, 9.17) is 0 Å². The van der Waals surface area contributed by atoms with Gasteiger partial charge in [-0.1, -0.05) is 59.1 Å². The van der Waals surface area contributed by atoms with Crippen LogP contribution >= 0.6 is 0 Å². The minimum atomic E-state index is -1.76. The molecule has 10 heteroatoms. The molecule has 8 aliphatic rings. The smallest absolute Gasteiger partial charge is 0.166 e. The number of Topliss-reactive ketones (excluding diaryl/α,β-unsaturated/α-hetero) is 2. The number of rotatable bonds is 4. The first kappa shape index (κ1) is 35.8. The van der Waals surface area contributed by atoms with Crippen molar-refractivity contribution in [1.82, 2.24) is 0 Å². The molecule has 0 saturated heterocycles. The van der Waals surface area contributed by atoms with Crippen molar-refractivity contribution in [1.29, 1.82) is 0 Å². The summed E-state index contributed by atoms with van der Waals surface area (Å²) in [5.74, 6) is -5.72. The van der Waals surface area contributed by atoms with Gasteiger partial charge in [-0.25, -0.2) is 0 Å². The van der Waals surface area contributed by atoms with Crippen LogP contribution in [-0.2, 0) is 9.59 Å². The fourth-order valence-electron chi connectivity index (χ4n) is 15.7. The van der Waals surface area contributed by atoms with Gasteiger partial charge in [0.1, 0.15) is 11.9 Å². The molecule has 8 N–H and O–H groups in total. The monoisotopic (exact) mass is 700 g/mol. The molecule has 0 radical (unpaired) electrons. The SMILES string of the molecule is CC1(C)CCC[C@]2(C)[C@@H]1C[C@@H](O)[C@]13C=C(CC[C@H]4C(=O)[C@@]56[C@H](O)C[C@@H]7[C@@](C)(CO)CCC[C@@]7(C)[C@@H]5C(=O)[C@H](O)[C@@H]4[C@H]6O)[C@@H]([C@H](O)[C@H](O)[C@@H]21)[C@H]3O. The minimum absolute atomic E-state index is 0.0840. The van der Waals surface area contributed by atoms with Crippen LogP contribution in [0.25, 0.3) is 0 Å². The van der Waals surface area contributed by atoms with Crippen LogP contribution in [0.5, 0.6) is 0 Å². The Hall–Kier alpha value is -1.24. The second kappa shape index (κ2) is 10.9. The molecule has 4 bridgehead atoms. The zero-order valence-corrected chi connectivity index (χ0v) is 30.3. The number of fused-ring (bicyclic) bond motifs is 6. The Kier molecular flexibility index (Phi) is 7.82. The van der Waals surface area contributed by atoms with Crippen LogP contribution in [0.4, 0.5) is 0 Å². The predicted octanol–water partition coefficient (Wildman–Crippen LogP) is 1.91. The van der Waals surface area contributed by atoms with Crippen molar-refractivity contribution in [2.75, 3.05) is 6.61 Å². The van der Waals surface area contributed by atoms with Gasteiger partial charge in [-0.2, -0.15) is 0 Å². The van der Waals surface area contributed by atoms with Crippen LogP contribution in [0.1, 0.15) is 98.8 Å². The van der Waals surface area contributed by atoms with Gasteiger partial charge in [0.05, 0.1) is 42.0 Å². The average Bonchev–Trinajstić information content (AvgIpc) is 3.37. The van der Waals surface area contributed by atoms with Crippen LogP contribution in [-0.4, -0.2) is 102 Å². The molecule has 0 aromatic heterocycles. The number of ketones is 2. The lowest BCUT2D eigenvalue weighted by Gasteiger charge is -2.67. The maximum Gasteiger partial charge on any atom is 0.166 e. The number of carbonyl (C=O) groups is 2. The topological polar surface area (TPSA) is 196 Å². The number of hydrogen-bond donors (Lipinski definition) is 8. The van der Waals surface area contributed by atoms with Crippen LogP contribution in [0.15, 0.2) is 11.6 Å². The quantitative estimate of drug-likeness (QED) is 0.201. The van der Waals surface area contributed by atoms with E-state index in [0.717, 1.165) is 19.3 Å². The zero-order valence-electron chi connectivity index (χ0n) is 30.3. The Morgan fingerprint density at radius 3 is 2.08 bits per heavy atom. The van der Waals surface area contributed by atoms with Crippen molar-refractivity contribution in [3.63, 3.8) is 0 Å². The molecule has 19 atom stereocenters. The molecule has 50 heavy (non-hydrogen) atoms. The largest absolute Gasteiger partial charge is 0.396 e. The van der Waals surface area contributed by atoms with E-state index in [2.05, 4.69) is 20.8 Å². The summed E-state index contributed by atoms with van der Waals surface area (Å²) in [6.07, 6.45) is -1.30. The van der Waals surface area contributed by atoms with Crippen LogP contribution in [0.3, 0.4) is 0 Å². The first-order valence-corrected chi connectivity index (χ1v) is 19.5. The van der Waals surface area contributed by atoms with Gasteiger partial charge in [-0.3, -0.25) is 9.59 Å². The minimum Gasteiger partial charge on any atom is -0.396 e. The molecule has 0 unspecified atom stereocenters. The fourth-order valence-corrected chi connectivity index (χ4v) is 15.7. The van der Waals surface area contributed by atoms with Gasteiger partial charge in [0, 0.05) is 41.6 Å². The van der Waals surface area contributed by atoms with E-state index in [1.54, 1.807) is 0 Å². The normalized spacial score (nSPS) is 59.3. The summed E-state index contributed by atoms with van der Waals surface area (Å²) in [7, 11) is 0. The van der Waals surface area contributed by atoms with Gasteiger partial charge in [0.2, 0.25) is 0 Å². The van der Waals surface area contributed by atoms with Crippen LogP contribution in [0, 0.1) is 73.9 Å². The number of aliphatic hydroxyl groups is 8. The highest BCUT2D eigenvalue weighted by atomic mass is 16.3. The number of aliphatic hydroxyl groups excluding tert-OH is 8. The lowest BCUT2D eigenvalue weighted by molar-refractivity contribution is -0.269. The Morgan fingerprint density at radius 2 is 1.40 bits per heavy atom. The lowest BCUT2D eigenvalue weighted by Crippen LogP contribution is -2.71. The zero-order chi connectivity index (χ0) is 36.3. The fraction of sp³-hybridized carbons (Fsp3) is 0.900. The third-order valence-corrected chi connectivity index (χ3v) is 17.7. The standard InChI is InChI=1S/C40H60O10/c1-35(2)10-6-12-37(4)20(35)14-22(42)39-16-18(24(33(39)49)26(44)28(46)30(37)39)8-9-19-25-27(45)29(47)31-38(5)13-7-11-36(3,17-41)21(38)15-23(43)40(31,32(19)48)34(25)50/h16,19-28,30-31,33-34,41-46,49-50H,6-15,17H2,1-5H3/t19-,20-,21-,22-,23-,24+,25-,26+,27-,28+,30+,31+,33-,34-,36-,37-,38-,39-,40-/m1/s1. The second-order valence-corrected chi connectivity index (χ2v) is 20.0. The third kappa shape index (κ3) is 3.93. The number of hydrogen-bond acceptors (Lipinski definition) is 10. The molecule has 8 rings (SSSR count). The van der Waals surface area contributed by atoms with Gasteiger partial charge in [0.25, 0.3) is 0 Å². The van der Waals surface area contributed by atoms with Crippen molar-refractivity contribution < 1.29 is 50.4 Å². The molecular formula is C40H60O10. The Labute approximate surface area is 295 Å². The molecule has 10 nitrogen and oxygen atoms in total. The summed E-state index contributed by atoms with van der Waals surface area (Å²) in [5, 5.41) is 93.5. The summed E-state index contributed by atoms with van der Waals surface area (Å²) in [6.45, 7) is 10.3. The summed E-state index contributed by atoms with van der Waals surface area (Å²) in [4.78, 5) is 29.1. The molecule has 7 fully saturated rings. The molecule has 7 saturated carbocycles. The molecule has 0 aliphatic heterocycles. The maximum absolute atomic E-state index is 14.8. The van der Waals surface area contributed by atoms with Crippen molar-refractivity contribution in [2.45, 2.75) is 142 Å². The first-order valence-electron chi connectivity index (χ1n) is 19.5. The first-order chi connectivity index (χ1) is 23.3. The Balaban J connectivity index is 1.14. The van der Waals surface area contributed by atoms with Gasteiger partial charge < -0.3 is 40.9 Å². The Bertz CT molecular complexity index is 1490. The average molecular weight is 701 g/mol. The van der Waals surface area contributed by atoms with Gasteiger partial charge in [-0.05, 0) is 84.9 Å². The van der Waals surface area contributed by atoms with Crippen molar-refractivity contribution in [2.24, 2.45) is 73.9 Å². The van der Waals surface area contributed by atoms with E-state index in [0.29, 0.717) is 31.3 Å². The number of carbonyl (C=O) groups excluding carboxylic acids is 2. The highest BCUT2D eigenvalue weighted by Crippen LogP contribution is 2.73. The summed E-state index contributed by atoms with van der Waals surface area (Å²) in [6, 6.07) is 0. The second-order valence-electron chi connectivity index (χ2n) is 20.0. The van der Waals surface area contributed by atoms with Crippen LogP contribution in [0.2, 0.25) is 0 Å². The summed E-state index contributed by atoms with van der Waals surface area (Å²) >= 11 is 0. The summed E-state index contributed by atoms with van der Waals surface area (Å²) < 4.78 is 0. The van der Waals surface area contributed by atoms with E-state index in [1.807, 2.05) is 19.9 Å². The van der Waals surface area contributed by atoms with Crippen molar-refractivity contribution >= 4 is 11.6 Å². The van der Waals surface area contributed by atoms with Gasteiger partial charge in [0.15, 0.2) is 5.78 Å². The molecule has 280 valence electrons. The molecular weight excluding hydrogens is 640 g/mol. The maximum atomic E-state index is 14.8. The summed E-state index contributed by atoms with van der Waals surface area (Å²) in [5.41, 5.74) is -4.20. The van der Waals surface area contributed by atoms with Gasteiger partial charge in [-0.15, -0.1) is 0 Å². The van der Waals surface area contributed by atoms with Crippen LogP contribution < -0.4 is 0 Å². The molecule has 8 aliphatic carbocycles. The van der Waals surface area contributed by atoms with Crippen molar-refractivity contribution in [3.05, 3.63) is 11.6 Å². The molecule has 0 heterocycles. The molecule has 2 spiro atoms. The molecule has 0 aromatic rings. The highest BCUT2D eigenvalue weighted by molar-refractivity contribution is 6.03. The van der Waals surface area contributed by atoms with Crippen molar-refractivity contribution in [3.8, 4) is 0 Å².